The summed E-state index contributed by atoms with van der Waals surface area (Å²) in [7, 11) is 0. The summed E-state index contributed by atoms with van der Waals surface area (Å²) < 4.78 is 0. The number of piperidine rings is 1. The number of likely N-dealkylation sites (tertiary alicyclic amines) is 1. The SMILES string of the molecule is CC(C)(C)CN1CCC(C#N)CC1. The first-order valence-electron chi connectivity index (χ1n) is 5.13. The fourth-order valence-electron chi connectivity index (χ4n) is 1.89. The molecule has 1 fully saturated rings. The minimum Gasteiger partial charge on any atom is -0.303 e. The number of nitriles is 1. The third kappa shape index (κ3) is 3.78. The Morgan fingerprint density at radius 3 is 2.23 bits per heavy atom. The monoisotopic (exact) mass is 180 g/mol. The van der Waals surface area contributed by atoms with Crippen molar-refractivity contribution in [3.05, 3.63) is 0 Å². The zero-order chi connectivity index (χ0) is 9.90. The van der Waals surface area contributed by atoms with Crippen LogP contribution in [-0.4, -0.2) is 24.5 Å². The largest absolute Gasteiger partial charge is 0.303 e. The smallest absolute Gasteiger partial charge is 0.0656 e. The molecule has 0 aromatic heterocycles. The van der Waals surface area contributed by atoms with E-state index in [1.165, 1.54) is 0 Å². The van der Waals surface area contributed by atoms with E-state index in [4.69, 9.17) is 5.26 Å². The van der Waals surface area contributed by atoms with Gasteiger partial charge in [0.25, 0.3) is 0 Å². The molecule has 1 aliphatic rings. The molecule has 2 nitrogen and oxygen atoms in total. The van der Waals surface area contributed by atoms with E-state index in [9.17, 15) is 0 Å². The van der Waals surface area contributed by atoms with Gasteiger partial charge in [-0.2, -0.15) is 5.26 Å². The maximum Gasteiger partial charge on any atom is 0.0656 e. The molecular weight excluding hydrogens is 160 g/mol. The van der Waals surface area contributed by atoms with Crippen molar-refractivity contribution in [2.45, 2.75) is 33.6 Å². The Labute approximate surface area is 81.5 Å². The topological polar surface area (TPSA) is 27.0 Å². The molecule has 0 aliphatic carbocycles. The van der Waals surface area contributed by atoms with Crippen LogP contribution in [0.3, 0.4) is 0 Å². The van der Waals surface area contributed by atoms with Crippen molar-refractivity contribution in [1.82, 2.24) is 4.90 Å². The summed E-state index contributed by atoms with van der Waals surface area (Å²) in [5, 5.41) is 8.74. The summed E-state index contributed by atoms with van der Waals surface area (Å²) in [6.07, 6.45) is 2.12. The molecule has 1 rings (SSSR count). The molecule has 0 aromatic rings. The first-order valence-corrected chi connectivity index (χ1v) is 5.13. The molecule has 0 atom stereocenters. The van der Waals surface area contributed by atoms with Crippen LogP contribution in [0.2, 0.25) is 0 Å². The van der Waals surface area contributed by atoms with Gasteiger partial charge in [0.15, 0.2) is 0 Å². The van der Waals surface area contributed by atoms with Crippen molar-refractivity contribution in [2.24, 2.45) is 11.3 Å². The molecule has 0 spiro atoms. The predicted octanol–water partition coefficient (Wildman–Crippen LogP) is 2.27. The second-order valence-corrected chi connectivity index (χ2v) is 5.24. The van der Waals surface area contributed by atoms with Gasteiger partial charge in [-0.15, -0.1) is 0 Å². The van der Waals surface area contributed by atoms with E-state index in [1.807, 2.05) is 0 Å². The van der Waals surface area contributed by atoms with Gasteiger partial charge in [0, 0.05) is 12.5 Å². The Morgan fingerprint density at radius 2 is 1.85 bits per heavy atom. The van der Waals surface area contributed by atoms with Gasteiger partial charge >= 0.3 is 0 Å². The Kier molecular flexibility index (Phi) is 3.33. The van der Waals surface area contributed by atoms with Crippen LogP contribution in [0.4, 0.5) is 0 Å². The van der Waals surface area contributed by atoms with E-state index in [1.54, 1.807) is 0 Å². The van der Waals surface area contributed by atoms with E-state index < -0.39 is 0 Å². The highest BCUT2D eigenvalue weighted by molar-refractivity contribution is 4.88. The summed E-state index contributed by atoms with van der Waals surface area (Å²) in [4.78, 5) is 2.48. The first kappa shape index (κ1) is 10.5. The van der Waals surface area contributed by atoms with Gasteiger partial charge in [-0.3, -0.25) is 0 Å². The molecule has 1 aliphatic heterocycles. The molecule has 1 heterocycles. The highest BCUT2D eigenvalue weighted by atomic mass is 15.1. The lowest BCUT2D eigenvalue weighted by molar-refractivity contribution is 0.150. The fraction of sp³-hybridized carbons (Fsp3) is 0.909. The van der Waals surface area contributed by atoms with Crippen LogP contribution >= 0.6 is 0 Å². The van der Waals surface area contributed by atoms with Crippen LogP contribution in [0.5, 0.6) is 0 Å². The molecule has 0 saturated carbocycles. The molecule has 1 saturated heterocycles. The standard InChI is InChI=1S/C11H20N2/c1-11(2,3)9-13-6-4-10(8-12)5-7-13/h10H,4-7,9H2,1-3H3. The molecule has 0 bridgehead atoms. The lowest BCUT2D eigenvalue weighted by Gasteiger charge is -2.34. The quantitative estimate of drug-likeness (QED) is 0.619. The van der Waals surface area contributed by atoms with Crippen LogP contribution < -0.4 is 0 Å². The van der Waals surface area contributed by atoms with Gasteiger partial charge in [0.05, 0.1) is 6.07 Å². The lowest BCUT2D eigenvalue weighted by Crippen LogP contribution is -2.38. The number of rotatable bonds is 1. The highest BCUT2D eigenvalue weighted by Gasteiger charge is 2.22. The van der Waals surface area contributed by atoms with Crippen molar-refractivity contribution in [3.8, 4) is 6.07 Å². The lowest BCUT2D eigenvalue weighted by atomic mass is 9.92. The molecular formula is C11H20N2. The summed E-state index contributed by atoms with van der Waals surface area (Å²) in [6, 6.07) is 2.36. The Bertz CT molecular complexity index is 189. The molecule has 0 amide bonds. The van der Waals surface area contributed by atoms with E-state index in [2.05, 4.69) is 31.7 Å². The van der Waals surface area contributed by atoms with Crippen molar-refractivity contribution in [1.29, 1.82) is 5.26 Å². The average Bonchev–Trinajstić information content (AvgIpc) is 2.03. The van der Waals surface area contributed by atoms with Crippen LogP contribution in [0.25, 0.3) is 0 Å². The first-order chi connectivity index (χ1) is 6.01. The number of hydrogen-bond acceptors (Lipinski definition) is 2. The van der Waals surface area contributed by atoms with E-state index in [0.717, 1.165) is 32.5 Å². The molecule has 2 heteroatoms. The van der Waals surface area contributed by atoms with Gasteiger partial charge < -0.3 is 4.90 Å². The van der Waals surface area contributed by atoms with E-state index >= 15 is 0 Å². The molecule has 13 heavy (non-hydrogen) atoms. The van der Waals surface area contributed by atoms with Crippen LogP contribution in [-0.2, 0) is 0 Å². The zero-order valence-electron chi connectivity index (χ0n) is 9.01. The second kappa shape index (κ2) is 4.11. The minimum atomic E-state index is 0.316. The highest BCUT2D eigenvalue weighted by Crippen LogP contribution is 2.21. The van der Waals surface area contributed by atoms with Gasteiger partial charge in [-0.25, -0.2) is 0 Å². The zero-order valence-corrected chi connectivity index (χ0v) is 9.01. The molecule has 0 unspecified atom stereocenters. The molecule has 0 N–H and O–H groups in total. The number of hydrogen-bond donors (Lipinski definition) is 0. The maximum absolute atomic E-state index is 8.74. The van der Waals surface area contributed by atoms with Crippen LogP contribution in [0, 0.1) is 22.7 Å². The van der Waals surface area contributed by atoms with Gasteiger partial charge in [0.1, 0.15) is 0 Å². The normalized spacial score (nSPS) is 21.4. The average molecular weight is 180 g/mol. The second-order valence-electron chi connectivity index (χ2n) is 5.24. The molecule has 74 valence electrons. The molecule has 0 radical (unpaired) electrons. The fourth-order valence-corrected chi connectivity index (χ4v) is 1.89. The van der Waals surface area contributed by atoms with E-state index in [-0.39, 0.29) is 0 Å². The summed E-state index contributed by atoms with van der Waals surface area (Å²) in [5.41, 5.74) is 0.388. The van der Waals surface area contributed by atoms with Crippen LogP contribution in [0.1, 0.15) is 33.6 Å². The van der Waals surface area contributed by atoms with E-state index in [0.29, 0.717) is 11.3 Å². The van der Waals surface area contributed by atoms with Crippen molar-refractivity contribution in [2.75, 3.05) is 19.6 Å². The maximum atomic E-state index is 8.74. The van der Waals surface area contributed by atoms with Gasteiger partial charge in [-0.1, -0.05) is 20.8 Å². The van der Waals surface area contributed by atoms with Gasteiger partial charge in [0.2, 0.25) is 0 Å². The van der Waals surface area contributed by atoms with Crippen LogP contribution in [0.15, 0.2) is 0 Å². The third-order valence-electron chi connectivity index (χ3n) is 2.47. The third-order valence-corrected chi connectivity index (χ3v) is 2.47. The molecule has 0 aromatic carbocycles. The Hall–Kier alpha value is -0.550. The Morgan fingerprint density at radius 1 is 1.31 bits per heavy atom. The van der Waals surface area contributed by atoms with Crippen molar-refractivity contribution >= 4 is 0 Å². The summed E-state index contributed by atoms with van der Waals surface area (Å²) >= 11 is 0. The van der Waals surface area contributed by atoms with Crippen molar-refractivity contribution < 1.29 is 0 Å². The predicted molar refractivity (Wildman–Crippen MR) is 54.2 cm³/mol. The van der Waals surface area contributed by atoms with Crippen molar-refractivity contribution in [3.63, 3.8) is 0 Å². The summed E-state index contributed by atoms with van der Waals surface area (Å²) in [5.74, 6) is 0.316. The van der Waals surface area contributed by atoms with Gasteiger partial charge in [-0.05, 0) is 31.3 Å². The number of nitrogens with zero attached hydrogens (tertiary/aromatic N) is 2. The minimum absolute atomic E-state index is 0.316. The summed E-state index contributed by atoms with van der Waals surface area (Å²) in [6.45, 7) is 10.2. The Balaban J connectivity index is 2.30.